The first kappa shape index (κ1) is 19.2. The molecule has 1 N–H and O–H groups in total. The van der Waals surface area contributed by atoms with Gasteiger partial charge in [-0.15, -0.1) is 0 Å². The van der Waals surface area contributed by atoms with Gasteiger partial charge in [0.25, 0.3) is 0 Å². The van der Waals surface area contributed by atoms with Gasteiger partial charge in [0.05, 0.1) is 16.3 Å². The summed E-state index contributed by atoms with van der Waals surface area (Å²) in [6, 6.07) is 17.7. The molecular formula is C20H12Cl3NO3. The van der Waals surface area contributed by atoms with Crippen molar-refractivity contribution in [2.75, 3.05) is 5.32 Å². The van der Waals surface area contributed by atoms with E-state index in [-0.39, 0.29) is 22.1 Å². The van der Waals surface area contributed by atoms with E-state index in [2.05, 4.69) is 5.32 Å². The van der Waals surface area contributed by atoms with E-state index in [9.17, 15) is 9.59 Å². The Morgan fingerprint density at radius 1 is 0.815 bits per heavy atom. The Labute approximate surface area is 170 Å². The number of carbonyl (C=O) groups is 2. The monoisotopic (exact) mass is 419 g/mol. The van der Waals surface area contributed by atoms with Crippen molar-refractivity contribution in [3.63, 3.8) is 0 Å². The predicted molar refractivity (Wildman–Crippen MR) is 107 cm³/mol. The van der Waals surface area contributed by atoms with E-state index in [0.29, 0.717) is 21.3 Å². The van der Waals surface area contributed by atoms with Crippen LogP contribution in [0.2, 0.25) is 15.1 Å². The van der Waals surface area contributed by atoms with Gasteiger partial charge in [0.1, 0.15) is 5.75 Å². The molecule has 3 aromatic carbocycles. The fourth-order valence-corrected chi connectivity index (χ4v) is 2.97. The summed E-state index contributed by atoms with van der Waals surface area (Å²) in [5, 5.41) is 3.56. The van der Waals surface area contributed by atoms with Crippen molar-refractivity contribution in [1.82, 2.24) is 0 Å². The van der Waals surface area contributed by atoms with Crippen molar-refractivity contribution < 1.29 is 14.3 Å². The number of rotatable bonds is 4. The lowest BCUT2D eigenvalue weighted by Gasteiger charge is -2.12. The van der Waals surface area contributed by atoms with Crippen molar-refractivity contribution in [2.45, 2.75) is 0 Å². The number of hydrogen-bond acceptors (Lipinski definition) is 3. The molecule has 0 aliphatic rings. The maximum absolute atomic E-state index is 12.7. The molecule has 0 aromatic heterocycles. The predicted octanol–water partition coefficient (Wildman–Crippen LogP) is 6.49. The van der Waals surface area contributed by atoms with Gasteiger partial charge in [0.15, 0.2) is 5.78 Å². The van der Waals surface area contributed by atoms with Gasteiger partial charge < -0.3 is 4.74 Å². The Kier molecular flexibility index (Phi) is 6.01. The van der Waals surface area contributed by atoms with Gasteiger partial charge >= 0.3 is 6.09 Å². The van der Waals surface area contributed by atoms with Crippen LogP contribution in [0.1, 0.15) is 15.9 Å². The van der Waals surface area contributed by atoms with Crippen LogP contribution in [0.3, 0.4) is 0 Å². The van der Waals surface area contributed by atoms with E-state index in [0.717, 1.165) is 0 Å². The first-order valence-electron chi connectivity index (χ1n) is 7.77. The van der Waals surface area contributed by atoms with Gasteiger partial charge in [-0.1, -0.05) is 65.1 Å². The van der Waals surface area contributed by atoms with E-state index >= 15 is 0 Å². The van der Waals surface area contributed by atoms with E-state index in [1.165, 1.54) is 24.3 Å². The number of nitrogens with one attached hydrogen (secondary N) is 1. The highest BCUT2D eigenvalue weighted by molar-refractivity contribution is 6.36. The second-order valence-electron chi connectivity index (χ2n) is 5.47. The van der Waals surface area contributed by atoms with Crippen LogP contribution in [0.15, 0.2) is 66.7 Å². The fraction of sp³-hybridized carbons (Fsp3) is 0. The molecule has 1 amide bonds. The smallest absolute Gasteiger partial charge is 0.409 e. The number of ether oxygens (including phenoxy) is 1. The zero-order valence-corrected chi connectivity index (χ0v) is 16.0. The minimum absolute atomic E-state index is 0.0795. The molecule has 0 aliphatic heterocycles. The Balaban J connectivity index is 1.84. The molecular weight excluding hydrogens is 409 g/mol. The lowest BCUT2D eigenvalue weighted by atomic mass is 10.0. The van der Waals surface area contributed by atoms with Crippen LogP contribution in [0.4, 0.5) is 10.5 Å². The number of benzene rings is 3. The Morgan fingerprint density at radius 3 is 2.19 bits per heavy atom. The number of hydrogen-bond donors (Lipinski definition) is 1. The van der Waals surface area contributed by atoms with Crippen LogP contribution in [-0.2, 0) is 0 Å². The van der Waals surface area contributed by atoms with E-state index in [4.69, 9.17) is 39.5 Å². The van der Waals surface area contributed by atoms with Crippen LogP contribution in [-0.4, -0.2) is 11.9 Å². The molecule has 0 unspecified atom stereocenters. The summed E-state index contributed by atoms with van der Waals surface area (Å²) in [5.41, 5.74) is 0.952. The maximum atomic E-state index is 12.7. The first-order valence-corrected chi connectivity index (χ1v) is 8.90. The maximum Gasteiger partial charge on any atom is 0.417 e. The van der Waals surface area contributed by atoms with Crippen molar-refractivity contribution in [2.24, 2.45) is 0 Å². The molecule has 0 atom stereocenters. The summed E-state index contributed by atoms with van der Waals surface area (Å²) in [4.78, 5) is 25.0. The normalized spacial score (nSPS) is 10.3. The van der Waals surface area contributed by atoms with Gasteiger partial charge in [-0.3, -0.25) is 10.1 Å². The summed E-state index contributed by atoms with van der Waals surface area (Å²) in [6.07, 6.45) is -0.802. The van der Waals surface area contributed by atoms with Crippen molar-refractivity contribution in [1.29, 1.82) is 0 Å². The summed E-state index contributed by atoms with van der Waals surface area (Å²) in [7, 11) is 0. The van der Waals surface area contributed by atoms with Gasteiger partial charge in [0.2, 0.25) is 0 Å². The highest BCUT2D eigenvalue weighted by Crippen LogP contribution is 2.28. The third-order valence-electron chi connectivity index (χ3n) is 3.59. The molecule has 4 nitrogen and oxygen atoms in total. The molecule has 0 fully saturated rings. The van der Waals surface area contributed by atoms with Crippen LogP contribution < -0.4 is 10.1 Å². The molecule has 0 heterocycles. The van der Waals surface area contributed by atoms with E-state index in [1.807, 2.05) is 0 Å². The lowest BCUT2D eigenvalue weighted by molar-refractivity contribution is 0.103. The lowest BCUT2D eigenvalue weighted by Crippen LogP contribution is -2.18. The summed E-state index contributed by atoms with van der Waals surface area (Å²) in [5.74, 6) is -0.235. The first-order chi connectivity index (χ1) is 12.9. The minimum Gasteiger partial charge on any atom is -0.409 e. The Hall–Kier alpha value is -2.53. The Bertz CT molecular complexity index is 1010. The highest BCUT2D eigenvalue weighted by Gasteiger charge is 2.18. The summed E-state index contributed by atoms with van der Waals surface area (Å²) >= 11 is 17.9. The molecule has 136 valence electrons. The molecule has 0 radical (unpaired) electrons. The minimum atomic E-state index is -0.802. The molecule has 0 bridgehead atoms. The molecule has 0 spiro atoms. The zero-order valence-electron chi connectivity index (χ0n) is 13.7. The third kappa shape index (κ3) is 4.80. The van der Waals surface area contributed by atoms with Gasteiger partial charge in [-0.05, 0) is 36.4 Å². The third-order valence-corrected chi connectivity index (χ3v) is 4.38. The van der Waals surface area contributed by atoms with Crippen molar-refractivity contribution in [3.05, 3.63) is 92.9 Å². The van der Waals surface area contributed by atoms with Gasteiger partial charge in [-0.2, -0.15) is 0 Å². The standard InChI is InChI=1S/C20H12Cl3NO3/c21-13-7-9-18(15(10-13)19(25)12-4-2-1-3-5-12)27-20(26)24-17-8-6-14(22)11-16(17)23/h1-11H,(H,24,26). The number of halogens is 3. The van der Waals surface area contributed by atoms with Crippen LogP contribution in [0.5, 0.6) is 5.75 Å². The molecule has 3 rings (SSSR count). The second-order valence-corrected chi connectivity index (χ2v) is 6.75. The largest absolute Gasteiger partial charge is 0.417 e. The molecule has 7 heteroatoms. The molecule has 0 saturated carbocycles. The van der Waals surface area contributed by atoms with Crippen molar-refractivity contribution >= 4 is 52.4 Å². The fourth-order valence-electron chi connectivity index (χ4n) is 2.34. The van der Waals surface area contributed by atoms with Crippen molar-refractivity contribution in [3.8, 4) is 5.75 Å². The Morgan fingerprint density at radius 2 is 1.48 bits per heavy atom. The van der Waals surface area contributed by atoms with Crippen LogP contribution >= 0.6 is 34.8 Å². The number of carbonyl (C=O) groups excluding carboxylic acids is 2. The molecule has 27 heavy (non-hydrogen) atoms. The topological polar surface area (TPSA) is 55.4 Å². The molecule has 0 saturated heterocycles. The molecule has 0 aliphatic carbocycles. The summed E-state index contributed by atoms with van der Waals surface area (Å²) < 4.78 is 5.31. The van der Waals surface area contributed by atoms with Gasteiger partial charge in [0, 0.05) is 15.6 Å². The van der Waals surface area contributed by atoms with Crippen LogP contribution in [0, 0.1) is 0 Å². The molecule has 3 aromatic rings. The van der Waals surface area contributed by atoms with Crippen LogP contribution in [0.25, 0.3) is 0 Å². The second kappa shape index (κ2) is 8.44. The average molecular weight is 421 g/mol. The quantitative estimate of drug-likeness (QED) is 0.491. The number of anilines is 1. The van der Waals surface area contributed by atoms with Gasteiger partial charge in [-0.25, -0.2) is 4.79 Å². The zero-order chi connectivity index (χ0) is 19.4. The highest BCUT2D eigenvalue weighted by atomic mass is 35.5. The number of ketones is 1. The number of amides is 1. The summed E-state index contributed by atoms with van der Waals surface area (Å²) in [6.45, 7) is 0. The van der Waals surface area contributed by atoms with E-state index < -0.39 is 6.09 Å². The SMILES string of the molecule is O=C(Nc1ccc(Cl)cc1Cl)Oc1ccc(Cl)cc1C(=O)c1ccccc1. The van der Waals surface area contributed by atoms with E-state index in [1.54, 1.807) is 42.5 Å². The average Bonchev–Trinajstić information content (AvgIpc) is 2.65.